The summed E-state index contributed by atoms with van der Waals surface area (Å²) >= 11 is 0. The number of carbonyl (C=O) groups excluding carboxylic acids is 2. The number of ether oxygens (including phenoxy) is 1. The molecule has 1 saturated heterocycles. The second-order valence-electron chi connectivity index (χ2n) is 3.13. The summed E-state index contributed by atoms with van der Waals surface area (Å²) in [6, 6.07) is 0. The normalized spacial score (nSPS) is 33.1. The van der Waals surface area contributed by atoms with Crippen molar-refractivity contribution in [1.82, 2.24) is 0 Å². The zero-order chi connectivity index (χ0) is 8.43. The molecule has 0 aromatic carbocycles. The minimum absolute atomic E-state index is 0.183. The average molecular weight is 156 g/mol. The number of rotatable bonds is 2. The predicted molar refractivity (Wildman–Crippen MR) is 38.8 cm³/mol. The molecule has 3 nitrogen and oxygen atoms in total. The maximum Gasteiger partial charge on any atom is 0.310 e. The Labute approximate surface area is 65.7 Å². The predicted octanol–water partition coefficient (Wildman–Crippen LogP) is 0.630. The Morgan fingerprint density at radius 1 is 1.73 bits per heavy atom. The van der Waals surface area contributed by atoms with Crippen LogP contribution in [-0.4, -0.2) is 18.9 Å². The Morgan fingerprint density at radius 3 is 2.73 bits per heavy atom. The van der Waals surface area contributed by atoms with Crippen LogP contribution in [0.15, 0.2) is 0 Å². The van der Waals surface area contributed by atoms with Crippen LogP contribution in [-0.2, 0) is 14.3 Å². The molecule has 3 atom stereocenters. The van der Waals surface area contributed by atoms with Crippen LogP contribution in [0.5, 0.6) is 0 Å². The summed E-state index contributed by atoms with van der Waals surface area (Å²) in [4.78, 5) is 21.4. The molecular weight excluding hydrogens is 144 g/mol. The van der Waals surface area contributed by atoms with Crippen LogP contribution in [0.4, 0.5) is 0 Å². The number of carbonyl (C=O) groups is 2. The highest BCUT2D eigenvalue weighted by Crippen LogP contribution is 2.27. The third-order valence-corrected chi connectivity index (χ3v) is 2.15. The fraction of sp³-hybridized carbons (Fsp3) is 0.750. The lowest BCUT2D eigenvalue weighted by Gasteiger charge is -2.12. The zero-order valence-electron chi connectivity index (χ0n) is 6.74. The minimum Gasteiger partial charge on any atom is -0.465 e. The van der Waals surface area contributed by atoms with Gasteiger partial charge in [0, 0.05) is 11.8 Å². The van der Waals surface area contributed by atoms with Crippen molar-refractivity contribution in [3.05, 3.63) is 0 Å². The fourth-order valence-corrected chi connectivity index (χ4v) is 1.46. The summed E-state index contributed by atoms with van der Waals surface area (Å²) in [6.45, 7) is 4.14. The highest BCUT2D eigenvalue weighted by molar-refractivity contribution is 5.78. The molecule has 0 bridgehead atoms. The lowest BCUT2D eigenvalue weighted by atomic mass is 9.87. The van der Waals surface area contributed by atoms with E-state index in [4.69, 9.17) is 4.74 Å². The molecule has 1 aliphatic heterocycles. The summed E-state index contributed by atoms with van der Waals surface area (Å²) in [5, 5.41) is 0. The number of hydrogen-bond donors (Lipinski definition) is 0. The van der Waals surface area contributed by atoms with Crippen LogP contribution in [0.25, 0.3) is 0 Å². The topological polar surface area (TPSA) is 43.4 Å². The van der Waals surface area contributed by atoms with Crippen molar-refractivity contribution in [3.63, 3.8) is 0 Å². The van der Waals surface area contributed by atoms with E-state index in [-0.39, 0.29) is 23.7 Å². The molecule has 1 fully saturated rings. The standard InChI is InChI=1S/C8H12O3/c1-5(3-9)7-6(2)4-11-8(7)10/h3,5-7H,4H2,1-2H3. The monoisotopic (exact) mass is 156 g/mol. The van der Waals surface area contributed by atoms with Crippen LogP contribution >= 0.6 is 0 Å². The van der Waals surface area contributed by atoms with Gasteiger partial charge in [-0.2, -0.15) is 0 Å². The first-order chi connectivity index (χ1) is 5.16. The Kier molecular flexibility index (Phi) is 2.27. The maximum absolute atomic E-state index is 11.0. The lowest BCUT2D eigenvalue weighted by Crippen LogP contribution is -2.22. The summed E-state index contributed by atoms with van der Waals surface area (Å²) < 4.78 is 4.80. The van der Waals surface area contributed by atoms with E-state index in [1.54, 1.807) is 6.92 Å². The Balaban J connectivity index is 2.67. The van der Waals surface area contributed by atoms with Crippen molar-refractivity contribution in [2.24, 2.45) is 17.8 Å². The molecule has 0 aromatic heterocycles. The number of cyclic esters (lactones) is 1. The molecule has 1 heterocycles. The van der Waals surface area contributed by atoms with Gasteiger partial charge in [-0.25, -0.2) is 0 Å². The van der Waals surface area contributed by atoms with Crippen LogP contribution in [0.3, 0.4) is 0 Å². The maximum atomic E-state index is 11.0. The van der Waals surface area contributed by atoms with Gasteiger partial charge < -0.3 is 9.53 Å². The van der Waals surface area contributed by atoms with E-state index >= 15 is 0 Å². The highest BCUT2D eigenvalue weighted by Gasteiger charge is 2.37. The van der Waals surface area contributed by atoms with Crippen molar-refractivity contribution in [3.8, 4) is 0 Å². The molecule has 0 aromatic rings. The van der Waals surface area contributed by atoms with Crippen molar-refractivity contribution in [2.45, 2.75) is 13.8 Å². The molecule has 0 N–H and O–H groups in total. The highest BCUT2D eigenvalue weighted by atomic mass is 16.5. The summed E-state index contributed by atoms with van der Waals surface area (Å²) in [6.07, 6.45) is 0.813. The van der Waals surface area contributed by atoms with Gasteiger partial charge in [0.15, 0.2) is 0 Å². The van der Waals surface area contributed by atoms with Gasteiger partial charge >= 0.3 is 5.97 Å². The van der Waals surface area contributed by atoms with Gasteiger partial charge in [0.2, 0.25) is 0 Å². The summed E-state index contributed by atoms with van der Waals surface area (Å²) in [5.41, 5.74) is 0. The summed E-state index contributed by atoms with van der Waals surface area (Å²) in [5.74, 6) is -0.465. The number of aldehydes is 1. The molecule has 3 unspecified atom stereocenters. The van der Waals surface area contributed by atoms with Crippen molar-refractivity contribution in [1.29, 1.82) is 0 Å². The molecule has 0 amide bonds. The zero-order valence-corrected chi connectivity index (χ0v) is 6.74. The Hall–Kier alpha value is -0.860. The Morgan fingerprint density at radius 2 is 2.36 bits per heavy atom. The van der Waals surface area contributed by atoms with Gasteiger partial charge in [-0.05, 0) is 0 Å². The van der Waals surface area contributed by atoms with E-state index in [2.05, 4.69) is 0 Å². The summed E-state index contributed by atoms with van der Waals surface area (Å²) in [7, 11) is 0. The SMILES string of the molecule is CC(C=O)C1C(=O)OCC1C. The minimum atomic E-state index is -0.225. The Bertz CT molecular complexity index is 176. The van der Waals surface area contributed by atoms with Gasteiger partial charge in [-0.1, -0.05) is 13.8 Å². The van der Waals surface area contributed by atoms with E-state index in [0.717, 1.165) is 6.29 Å². The molecule has 0 spiro atoms. The second kappa shape index (κ2) is 3.03. The molecule has 1 rings (SSSR count). The first kappa shape index (κ1) is 8.24. The fourth-order valence-electron chi connectivity index (χ4n) is 1.46. The first-order valence-electron chi connectivity index (χ1n) is 3.78. The second-order valence-corrected chi connectivity index (χ2v) is 3.13. The molecule has 62 valence electrons. The van der Waals surface area contributed by atoms with Crippen LogP contribution in [0.2, 0.25) is 0 Å². The number of hydrogen-bond acceptors (Lipinski definition) is 3. The molecule has 0 radical (unpaired) electrons. The third-order valence-electron chi connectivity index (χ3n) is 2.15. The lowest BCUT2D eigenvalue weighted by molar-refractivity contribution is -0.143. The van der Waals surface area contributed by atoms with Crippen molar-refractivity contribution < 1.29 is 14.3 Å². The third kappa shape index (κ3) is 1.42. The largest absolute Gasteiger partial charge is 0.465 e. The van der Waals surface area contributed by atoms with Crippen LogP contribution < -0.4 is 0 Å². The van der Waals surface area contributed by atoms with E-state index in [1.807, 2.05) is 6.92 Å². The van der Waals surface area contributed by atoms with E-state index in [9.17, 15) is 9.59 Å². The number of esters is 1. The average Bonchev–Trinajstić information content (AvgIpc) is 2.30. The van der Waals surface area contributed by atoms with Crippen molar-refractivity contribution >= 4 is 12.3 Å². The van der Waals surface area contributed by atoms with Crippen LogP contribution in [0, 0.1) is 17.8 Å². The van der Waals surface area contributed by atoms with E-state index < -0.39 is 0 Å². The quantitative estimate of drug-likeness (QED) is 0.435. The molecule has 1 aliphatic rings. The van der Waals surface area contributed by atoms with E-state index in [0.29, 0.717) is 6.61 Å². The molecular formula is C8H12O3. The smallest absolute Gasteiger partial charge is 0.310 e. The molecule has 0 aliphatic carbocycles. The first-order valence-corrected chi connectivity index (χ1v) is 3.78. The van der Waals surface area contributed by atoms with Gasteiger partial charge in [-0.3, -0.25) is 4.79 Å². The molecule has 0 saturated carbocycles. The van der Waals surface area contributed by atoms with Gasteiger partial charge in [0.05, 0.1) is 12.5 Å². The van der Waals surface area contributed by atoms with Gasteiger partial charge in [0.25, 0.3) is 0 Å². The van der Waals surface area contributed by atoms with E-state index in [1.165, 1.54) is 0 Å². The van der Waals surface area contributed by atoms with Crippen LogP contribution in [0.1, 0.15) is 13.8 Å². The molecule has 11 heavy (non-hydrogen) atoms. The molecule has 3 heteroatoms. The van der Waals surface area contributed by atoms with Gasteiger partial charge in [0.1, 0.15) is 6.29 Å². The van der Waals surface area contributed by atoms with Gasteiger partial charge in [-0.15, -0.1) is 0 Å². The van der Waals surface area contributed by atoms with Crippen molar-refractivity contribution in [2.75, 3.05) is 6.61 Å².